The van der Waals surface area contributed by atoms with E-state index in [0.29, 0.717) is 22.9 Å². The van der Waals surface area contributed by atoms with Gasteiger partial charge in [-0.3, -0.25) is 9.89 Å². The highest BCUT2D eigenvalue weighted by Crippen LogP contribution is 2.28. The van der Waals surface area contributed by atoms with E-state index in [9.17, 15) is 9.90 Å². The molecule has 0 aliphatic rings. The molecule has 0 aliphatic carbocycles. The molecule has 2 aromatic heterocycles. The van der Waals surface area contributed by atoms with Crippen LogP contribution >= 0.6 is 0 Å². The average Bonchev–Trinajstić information content (AvgIpc) is 3.30. The first kappa shape index (κ1) is 15.8. The van der Waals surface area contributed by atoms with E-state index in [0.717, 1.165) is 5.56 Å². The molecule has 3 N–H and O–H groups in total. The third kappa shape index (κ3) is 3.31. The molecular weight excluding hydrogens is 310 g/mol. The minimum absolute atomic E-state index is 0.0371. The Morgan fingerprint density at radius 2 is 2.21 bits per heavy atom. The summed E-state index contributed by atoms with van der Waals surface area (Å²) in [6, 6.07) is 12.4. The summed E-state index contributed by atoms with van der Waals surface area (Å²) in [6.45, 7) is 0.0371. The molecule has 0 aliphatic heterocycles. The lowest BCUT2D eigenvalue weighted by Gasteiger charge is -2.08. The molecule has 0 saturated carbocycles. The Hall–Kier alpha value is -3.06. The molecule has 2 heterocycles. The number of nitrogens with one attached hydrogen (secondary N) is 2. The molecule has 0 fully saturated rings. The van der Waals surface area contributed by atoms with Crippen LogP contribution in [0.5, 0.6) is 5.75 Å². The van der Waals surface area contributed by atoms with E-state index in [2.05, 4.69) is 15.5 Å². The standard InChI is InChI=1S/C17H17N3O4/c1-23-15-6-3-2-5-11(15)12-9-13(20-19-12)17(22)18-10-14(21)16-7-4-8-24-16/h2-9,14,21H,10H2,1H3,(H,18,22)(H,19,20). The number of H-pyrrole nitrogens is 1. The van der Waals surface area contributed by atoms with Crippen molar-refractivity contribution < 1.29 is 19.1 Å². The van der Waals surface area contributed by atoms with Crippen LogP contribution in [-0.4, -0.2) is 34.9 Å². The number of amides is 1. The van der Waals surface area contributed by atoms with Crippen molar-refractivity contribution in [2.75, 3.05) is 13.7 Å². The number of furan rings is 1. The number of aliphatic hydroxyl groups excluding tert-OH is 1. The summed E-state index contributed by atoms with van der Waals surface area (Å²) >= 11 is 0. The third-order valence-corrected chi connectivity index (χ3v) is 3.53. The first-order valence-corrected chi connectivity index (χ1v) is 7.37. The molecule has 1 aromatic carbocycles. The van der Waals surface area contributed by atoms with Crippen LogP contribution in [0.25, 0.3) is 11.3 Å². The normalized spacial score (nSPS) is 11.9. The van der Waals surface area contributed by atoms with Crippen molar-refractivity contribution in [1.82, 2.24) is 15.5 Å². The number of ether oxygens (including phenoxy) is 1. The molecule has 24 heavy (non-hydrogen) atoms. The van der Waals surface area contributed by atoms with Gasteiger partial charge in [0.15, 0.2) is 0 Å². The number of benzene rings is 1. The van der Waals surface area contributed by atoms with Crippen molar-refractivity contribution in [1.29, 1.82) is 0 Å². The van der Waals surface area contributed by atoms with Crippen LogP contribution in [0.1, 0.15) is 22.4 Å². The summed E-state index contributed by atoms with van der Waals surface area (Å²) in [5.74, 6) is 0.702. The monoisotopic (exact) mass is 327 g/mol. The van der Waals surface area contributed by atoms with Crippen LogP contribution in [0.15, 0.2) is 53.1 Å². The highest BCUT2D eigenvalue weighted by atomic mass is 16.5. The number of hydrogen-bond acceptors (Lipinski definition) is 5. The van der Waals surface area contributed by atoms with Gasteiger partial charge in [0, 0.05) is 5.56 Å². The second kappa shape index (κ2) is 7.01. The summed E-state index contributed by atoms with van der Waals surface area (Å²) in [5, 5.41) is 19.4. The van der Waals surface area contributed by atoms with Gasteiger partial charge < -0.3 is 19.6 Å². The average molecular weight is 327 g/mol. The topological polar surface area (TPSA) is 100 Å². The van der Waals surface area contributed by atoms with Crippen molar-refractivity contribution in [3.63, 3.8) is 0 Å². The van der Waals surface area contributed by atoms with E-state index in [4.69, 9.17) is 9.15 Å². The van der Waals surface area contributed by atoms with Crippen LogP contribution in [0.3, 0.4) is 0 Å². The first-order valence-electron chi connectivity index (χ1n) is 7.37. The van der Waals surface area contributed by atoms with E-state index in [1.807, 2.05) is 24.3 Å². The summed E-state index contributed by atoms with van der Waals surface area (Å²) < 4.78 is 10.4. The number of methoxy groups -OCH3 is 1. The number of aromatic amines is 1. The number of carbonyl (C=O) groups excluding carboxylic acids is 1. The SMILES string of the molecule is COc1ccccc1-c1cc(C(=O)NCC(O)c2ccco2)[nH]n1. The van der Waals surface area contributed by atoms with Gasteiger partial charge in [0.2, 0.25) is 0 Å². The number of aromatic nitrogens is 2. The Morgan fingerprint density at radius 3 is 2.96 bits per heavy atom. The Labute approximate surface area is 138 Å². The van der Waals surface area contributed by atoms with Crippen molar-refractivity contribution in [3.8, 4) is 17.0 Å². The molecule has 0 spiro atoms. The van der Waals surface area contributed by atoms with Crippen molar-refractivity contribution in [2.24, 2.45) is 0 Å². The Kier molecular flexibility index (Phi) is 4.62. The molecule has 3 aromatic rings. The lowest BCUT2D eigenvalue weighted by molar-refractivity contribution is 0.0896. The summed E-state index contributed by atoms with van der Waals surface area (Å²) in [7, 11) is 1.58. The van der Waals surface area contributed by atoms with Crippen LogP contribution in [0.2, 0.25) is 0 Å². The van der Waals surface area contributed by atoms with Gasteiger partial charge >= 0.3 is 0 Å². The number of aliphatic hydroxyl groups is 1. The van der Waals surface area contributed by atoms with Gasteiger partial charge in [0.05, 0.1) is 25.6 Å². The van der Waals surface area contributed by atoms with Gasteiger partial charge in [-0.1, -0.05) is 12.1 Å². The summed E-state index contributed by atoms with van der Waals surface area (Å²) in [6.07, 6.45) is 0.565. The third-order valence-electron chi connectivity index (χ3n) is 3.53. The van der Waals surface area contributed by atoms with Crippen molar-refractivity contribution in [2.45, 2.75) is 6.10 Å². The molecule has 0 saturated heterocycles. The molecule has 1 amide bonds. The van der Waals surface area contributed by atoms with Crippen LogP contribution in [0.4, 0.5) is 0 Å². The maximum atomic E-state index is 12.2. The van der Waals surface area contributed by atoms with E-state index in [1.165, 1.54) is 6.26 Å². The predicted molar refractivity (Wildman–Crippen MR) is 86.6 cm³/mol. The minimum atomic E-state index is -0.902. The maximum Gasteiger partial charge on any atom is 0.269 e. The molecule has 0 bridgehead atoms. The lowest BCUT2D eigenvalue weighted by atomic mass is 10.1. The summed E-state index contributed by atoms with van der Waals surface area (Å²) in [4.78, 5) is 12.2. The van der Waals surface area contributed by atoms with Gasteiger partial charge in [0.25, 0.3) is 5.91 Å². The highest BCUT2D eigenvalue weighted by molar-refractivity contribution is 5.93. The Balaban J connectivity index is 1.68. The Bertz CT molecular complexity index is 811. The number of hydrogen-bond donors (Lipinski definition) is 3. The van der Waals surface area contributed by atoms with Crippen LogP contribution in [-0.2, 0) is 0 Å². The van der Waals surface area contributed by atoms with Gasteiger partial charge in [-0.05, 0) is 30.3 Å². The zero-order chi connectivity index (χ0) is 16.9. The number of carbonyl (C=O) groups is 1. The molecule has 7 nitrogen and oxygen atoms in total. The molecular formula is C17H17N3O4. The number of para-hydroxylation sites is 1. The molecule has 3 rings (SSSR count). The maximum absolute atomic E-state index is 12.2. The van der Waals surface area contributed by atoms with Crippen molar-refractivity contribution in [3.05, 3.63) is 60.2 Å². The zero-order valence-corrected chi connectivity index (χ0v) is 13.0. The van der Waals surface area contributed by atoms with Gasteiger partial charge in [0.1, 0.15) is 23.3 Å². The quantitative estimate of drug-likeness (QED) is 0.644. The first-order chi connectivity index (χ1) is 11.7. The second-order valence-corrected chi connectivity index (χ2v) is 5.11. The predicted octanol–water partition coefficient (Wildman–Crippen LogP) is 2.14. The molecule has 124 valence electrons. The van der Waals surface area contributed by atoms with E-state index in [1.54, 1.807) is 25.3 Å². The molecule has 0 radical (unpaired) electrons. The molecule has 1 atom stereocenters. The molecule has 7 heteroatoms. The van der Waals surface area contributed by atoms with Crippen molar-refractivity contribution >= 4 is 5.91 Å². The van der Waals surface area contributed by atoms with Crippen LogP contribution < -0.4 is 10.1 Å². The molecule has 1 unspecified atom stereocenters. The van der Waals surface area contributed by atoms with Gasteiger partial charge in [-0.15, -0.1) is 0 Å². The zero-order valence-electron chi connectivity index (χ0n) is 13.0. The van der Waals surface area contributed by atoms with E-state index in [-0.39, 0.29) is 12.5 Å². The highest BCUT2D eigenvalue weighted by Gasteiger charge is 2.16. The van der Waals surface area contributed by atoms with Gasteiger partial charge in [-0.25, -0.2) is 0 Å². The minimum Gasteiger partial charge on any atom is -0.496 e. The van der Waals surface area contributed by atoms with E-state index >= 15 is 0 Å². The van der Waals surface area contributed by atoms with Crippen LogP contribution in [0, 0.1) is 0 Å². The van der Waals surface area contributed by atoms with Gasteiger partial charge in [-0.2, -0.15) is 5.10 Å². The fourth-order valence-corrected chi connectivity index (χ4v) is 2.30. The largest absolute Gasteiger partial charge is 0.496 e. The fraction of sp³-hybridized carbons (Fsp3) is 0.176. The second-order valence-electron chi connectivity index (χ2n) is 5.11. The van der Waals surface area contributed by atoms with E-state index < -0.39 is 6.10 Å². The smallest absolute Gasteiger partial charge is 0.269 e. The summed E-state index contributed by atoms with van der Waals surface area (Å²) in [5.41, 5.74) is 1.68. The number of rotatable bonds is 6. The Morgan fingerprint density at radius 1 is 1.38 bits per heavy atom. The lowest BCUT2D eigenvalue weighted by Crippen LogP contribution is -2.28. The fourth-order valence-electron chi connectivity index (χ4n) is 2.30. The number of nitrogens with zero attached hydrogens (tertiary/aromatic N) is 1.